The number of fused-ring (bicyclic) bond motifs is 1. The summed E-state index contributed by atoms with van der Waals surface area (Å²) in [6.07, 6.45) is 3.82. The third-order valence-electron chi connectivity index (χ3n) is 7.21. The Bertz CT molecular complexity index is 1650. The molecule has 3 heterocycles. The van der Waals surface area contributed by atoms with Crippen molar-refractivity contribution in [1.82, 2.24) is 9.47 Å². The van der Waals surface area contributed by atoms with E-state index in [-0.39, 0.29) is 18.4 Å². The van der Waals surface area contributed by atoms with Gasteiger partial charge in [0.15, 0.2) is 5.17 Å². The maximum absolute atomic E-state index is 13.2. The summed E-state index contributed by atoms with van der Waals surface area (Å²) in [6.45, 7) is 5.40. The fourth-order valence-corrected chi connectivity index (χ4v) is 5.95. The number of morpholine rings is 1. The first-order valence-electron chi connectivity index (χ1n) is 13.6. The van der Waals surface area contributed by atoms with E-state index in [4.69, 9.17) is 9.73 Å². The van der Waals surface area contributed by atoms with Gasteiger partial charge in [-0.3, -0.25) is 14.5 Å². The smallest absolute Gasteiger partial charge is 0.266 e. The number of thioether (sulfide) groups is 1. The SMILES string of the molecule is Cc1ccc(NC(=O)Cn2cc(/C=C3\SC(=Nc4ccc(N5CCOCC5)cc4)N(C)C3=O)c3ccccc32)cc1. The predicted molar refractivity (Wildman–Crippen MR) is 167 cm³/mol. The van der Waals surface area contributed by atoms with E-state index in [2.05, 4.69) is 22.3 Å². The quantitative estimate of drug-likeness (QED) is 0.305. The number of carbonyl (C=O) groups is 2. The number of hydrogen-bond acceptors (Lipinski definition) is 6. The van der Waals surface area contributed by atoms with E-state index in [9.17, 15) is 9.59 Å². The van der Waals surface area contributed by atoms with Crippen LogP contribution >= 0.6 is 11.8 Å². The van der Waals surface area contributed by atoms with Crippen molar-refractivity contribution in [2.75, 3.05) is 43.6 Å². The van der Waals surface area contributed by atoms with Crippen molar-refractivity contribution in [1.29, 1.82) is 0 Å². The van der Waals surface area contributed by atoms with Crippen molar-refractivity contribution in [3.05, 3.63) is 95.0 Å². The Balaban J connectivity index is 1.21. The van der Waals surface area contributed by atoms with Crippen molar-refractivity contribution >= 4 is 62.8 Å². The van der Waals surface area contributed by atoms with Crippen LogP contribution in [-0.4, -0.2) is 59.8 Å². The molecule has 2 aliphatic rings. The number of likely N-dealkylation sites (N-methyl/N-ethyl adjacent to an activating group) is 1. The maximum atomic E-state index is 13.2. The van der Waals surface area contributed by atoms with Crippen LogP contribution < -0.4 is 10.2 Å². The van der Waals surface area contributed by atoms with E-state index in [0.717, 1.165) is 65.4 Å². The van der Waals surface area contributed by atoms with Gasteiger partial charge >= 0.3 is 0 Å². The number of rotatable bonds is 6. The summed E-state index contributed by atoms with van der Waals surface area (Å²) in [5.41, 5.74) is 5.64. The second-order valence-corrected chi connectivity index (χ2v) is 11.1. The molecular weight excluding hydrogens is 534 g/mol. The monoisotopic (exact) mass is 565 g/mol. The second-order valence-electron chi connectivity index (χ2n) is 10.1. The lowest BCUT2D eigenvalue weighted by atomic mass is 10.1. The van der Waals surface area contributed by atoms with E-state index in [0.29, 0.717) is 10.1 Å². The van der Waals surface area contributed by atoms with Crippen molar-refractivity contribution in [3.8, 4) is 0 Å². The van der Waals surface area contributed by atoms with Gasteiger partial charge in [-0.05, 0) is 67.2 Å². The number of amides is 2. The van der Waals surface area contributed by atoms with Crippen molar-refractivity contribution in [2.24, 2.45) is 4.99 Å². The Hall–Kier alpha value is -4.34. The van der Waals surface area contributed by atoms with Gasteiger partial charge in [0, 0.05) is 54.2 Å². The van der Waals surface area contributed by atoms with Crippen LogP contribution in [0.1, 0.15) is 11.1 Å². The van der Waals surface area contributed by atoms with Crippen molar-refractivity contribution < 1.29 is 14.3 Å². The van der Waals surface area contributed by atoms with Crippen LogP contribution in [0, 0.1) is 6.92 Å². The minimum Gasteiger partial charge on any atom is -0.378 e. The number of carbonyl (C=O) groups excluding carboxylic acids is 2. The van der Waals surface area contributed by atoms with E-state index < -0.39 is 0 Å². The average molecular weight is 566 g/mol. The molecule has 9 heteroatoms. The number of nitrogens with zero attached hydrogens (tertiary/aromatic N) is 4. The summed E-state index contributed by atoms with van der Waals surface area (Å²) >= 11 is 1.36. The normalized spacial score (nSPS) is 17.7. The predicted octanol–water partition coefficient (Wildman–Crippen LogP) is 5.66. The summed E-state index contributed by atoms with van der Waals surface area (Å²) < 4.78 is 7.37. The summed E-state index contributed by atoms with van der Waals surface area (Å²) in [5, 5.41) is 4.57. The molecule has 1 N–H and O–H groups in total. The standard InChI is InChI=1S/C32H31N5O3S/c1-22-7-9-24(10-8-22)33-30(38)21-37-20-23(27-5-3-4-6-28(27)37)19-29-31(39)35(2)32(41-29)34-25-11-13-26(14-12-25)36-15-17-40-18-16-36/h3-14,19-20H,15-18,21H2,1-2H3,(H,33,38)/b29-19-,34-32?. The van der Waals surface area contributed by atoms with Gasteiger partial charge in [0.25, 0.3) is 5.91 Å². The summed E-state index contributed by atoms with van der Waals surface area (Å²) in [7, 11) is 1.75. The molecule has 208 valence electrons. The van der Waals surface area contributed by atoms with Crippen LogP contribution in [0.5, 0.6) is 0 Å². The van der Waals surface area contributed by atoms with E-state index in [1.807, 2.05) is 84.4 Å². The number of hydrogen-bond donors (Lipinski definition) is 1. The summed E-state index contributed by atoms with van der Waals surface area (Å²) in [6, 6.07) is 23.7. The lowest BCUT2D eigenvalue weighted by Crippen LogP contribution is -2.36. The highest BCUT2D eigenvalue weighted by atomic mass is 32.2. The average Bonchev–Trinajstić information content (AvgIpc) is 3.47. The first-order chi connectivity index (χ1) is 19.9. The summed E-state index contributed by atoms with van der Waals surface area (Å²) in [4.78, 5) is 35.3. The van der Waals surface area contributed by atoms with Crippen LogP contribution in [-0.2, 0) is 20.9 Å². The van der Waals surface area contributed by atoms with Crippen LogP contribution in [0.15, 0.2) is 88.9 Å². The number of benzene rings is 3. The molecule has 0 atom stereocenters. The zero-order chi connectivity index (χ0) is 28.3. The van der Waals surface area contributed by atoms with Gasteiger partial charge in [0.1, 0.15) is 6.54 Å². The van der Waals surface area contributed by atoms with Crippen molar-refractivity contribution in [2.45, 2.75) is 13.5 Å². The Morgan fingerprint density at radius 3 is 2.51 bits per heavy atom. The Morgan fingerprint density at radius 2 is 1.76 bits per heavy atom. The molecule has 6 rings (SSSR count). The molecule has 2 saturated heterocycles. The van der Waals surface area contributed by atoms with E-state index >= 15 is 0 Å². The Labute approximate surface area is 243 Å². The van der Waals surface area contributed by atoms with E-state index in [1.54, 1.807) is 11.9 Å². The maximum Gasteiger partial charge on any atom is 0.266 e. The molecule has 0 aliphatic carbocycles. The molecule has 8 nitrogen and oxygen atoms in total. The topological polar surface area (TPSA) is 79.2 Å². The lowest BCUT2D eigenvalue weighted by Gasteiger charge is -2.28. The molecule has 4 aromatic rings. The first kappa shape index (κ1) is 26.9. The van der Waals surface area contributed by atoms with Gasteiger partial charge in [-0.1, -0.05) is 35.9 Å². The fourth-order valence-electron chi connectivity index (χ4n) is 4.98. The number of aromatic nitrogens is 1. The van der Waals surface area contributed by atoms with Gasteiger partial charge in [0.2, 0.25) is 5.91 Å². The fraction of sp³-hybridized carbons (Fsp3) is 0.219. The number of ether oxygens (including phenoxy) is 1. The molecule has 0 radical (unpaired) electrons. The number of aliphatic imine (C=N–C) groups is 1. The molecule has 0 spiro atoms. The highest BCUT2D eigenvalue weighted by molar-refractivity contribution is 8.18. The van der Waals surface area contributed by atoms with Gasteiger partial charge in [-0.25, -0.2) is 4.99 Å². The van der Waals surface area contributed by atoms with Crippen molar-refractivity contribution in [3.63, 3.8) is 0 Å². The lowest BCUT2D eigenvalue weighted by molar-refractivity contribution is -0.121. The number of amidine groups is 1. The molecule has 1 aromatic heterocycles. The first-order valence-corrected chi connectivity index (χ1v) is 14.4. The largest absolute Gasteiger partial charge is 0.378 e. The summed E-state index contributed by atoms with van der Waals surface area (Å²) in [5.74, 6) is -0.221. The zero-order valence-electron chi connectivity index (χ0n) is 23.0. The van der Waals surface area contributed by atoms with Crippen LogP contribution in [0.3, 0.4) is 0 Å². The molecular formula is C32H31N5O3S. The molecule has 0 unspecified atom stereocenters. The molecule has 2 fully saturated rings. The number of aryl methyl sites for hydroxylation is 1. The highest BCUT2D eigenvalue weighted by Gasteiger charge is 2.30. The molecule has 0 saturated carbocycles. The number of anilines is 2. The molecule has 2 amide bonds. The highest BCUT2D eigenvalue weighted by Crippen LogP contribution is 2.35. The van der Waals surface area contributed by atoms with Gasteiger partial charge in [-0.2, -0.15) is 0 Å². The van der Waals surface area contributed by atoms with Gasteiger partial charge in [0.05, 0.1) is 23.8 Å². The number of nitrogens with one attached hydrogen (secondary N) is 1. The molecule has 0 bridgehead atoms. The Morgan fingerprint density at radius 1 is 1.02 bits per heavy atom. The minimum absolute atomic E-state index is 0.104. The van der Waals surface area contributed by atoms with Crippen LogP contribution in [0.2, 0.25) is 0 Å². The molecule has 41 heavy (non-hydrogen) atoms. The van der Waals surface area contributed by atoms with Gasteiger partial charge < -0.3 is 19.5 Å². The van der Waals surface area contributed by atoms with E-state index in [1.165, 1.54) is 11.8 Å². The van der Waals surface area contributed by atoms with Crippen LogP contribution in [0.4, 0.5) is 17.1 Å². The van der Waals surface area contributed by atoms with Crippen LogP contribution in [0.25, 0.3) is 17.0 Å². The molecule has 3 aromatic carbocycles. The Kier molecular flexibility index (Phi) is 7.63. The number of para-hydroxylation sites is 1. The second kappa shape index (κ2) is 11.6. The third-order valence-corrected chi connectivity index (χ3v) is 8.27. The zero-order valence-corrected chi connectivity index (χ0v) is 23.9. The van der Waals surface area contributed by atoms with Gasteiger partial charge in [-0.15, -0.1) is 0 Å². The molecule has 2 aliphatic heterocycles. The minimum atomic E-state index is -0.117. The third kappa shape index (κ3) is 5.91.